The lowest BCUT2D eigenvalue weighted by molar-refractivity contribution is 0.329. The van der Waals surface area contributed by atoms with E-state index in [0.29, 0.717) is 18.6 Å². The van der Waals surface area contributed by atoms with Crippen molar-refractivity contribution in [3.8, 4) is 5.88 Å². The lowest BCUT2D eigenvalue weighted by Crippen LogP contribution is -2.04. The molecule has 1 rings (SSSR count). The Morgan fingerprint density at radius 1 is 1.29 bits per heavy atom. The Hall–Kier alpha value is -0.510. The molecule has 1 heterocycles. The molecular formula is C11H19N2O2PS. The highest BCUT2D eigenvalue weighted by Crippen LogP contribution is 2.47. The monoisotopic (exact) mass is 274 g/mol. The van der Waals surface area contributed by atoms with Gasteiger partial charge in [-0.05, 0) is 25.7 Å². The normalized spacial score (nSPS) is 14.4. The fraction of sp³-hybridized carbons (Fsp3) is 0.636. The fourth-order valence-corrected chi connectivity index (χ4v) is 3.01. The minimum atomic E-state index is -2.23. The third kappa shape index (κ3) is 4.34. The van der Waals surface area contributed by atoms with Gasteiger partial charge in [-0.1, -0.05) is 13.8 Å². The van der Waals surface area contributed by atoms with Gasteiger partial charge in [0.15, 0.2) is 0 Å². The molecule has 0 spiro atoms. The average molecular weight is 274 g/mol. The summed E-state index contributed by atoms with van der Waals surface area (Å²) in [6, 6.07) is 1.80. The summed E-state index contributed by atoms with van der Waals surface area (Å²) in [5, 5.41) is 0. The van der Waals surface area contributed by atoms with E-state index in [2.05, 4.69) is 9.97 Å². The highest BCUT2D eigenvalue weighted by molar-refractivity contribution is 8.10. The molecule has 0 aliphatic heterocycles. The van der Waals surface area contributed by atoms with Crippen LogP contribution in [0, 0.1) is 6.92 Å². The van der Waals surface area contributed by atoms with Crippen molar-refractivity contribution >= 4 is 18.3 Å². The van der Waals surface area contributed by atoms with Gasteiger partial charge in [-0.15, -0.1) is 0 Å². The Morgan fingerprint density at radius 3 is 2.53 bits per heavy atom. The summed E-state index contributed by atoms with van der Waals surface area (Å²) in [5.41, 5.74) is 0.890. The lowest BCUT2D eigenvalue weighted by Gasteiger charge is -2.20. The first kappa shape index (κ1) is 14.6. The molecule has 0 fully saturated rings. The molecule has 0 N–H and O–H groups in total. The van der Waals surface area contributed by atoms with Crippen LogP contribution in [-0.2, 0) is 22.8 Å². The summed E-state index contributed by atoms with van der Waals surface area (Å²) in [4.78, 5) is 8.62. The topological polar surface area (TPSA) is 44.2 Å². The van der Waals surface area contributed by atoms with Crippen molar-refractivity contribution in [2.75, 3.05) is 12.8 Å². The zero-order valence-corrected chi connectivity index (χ0v) is 12.5. The van der Waals surface area contributed by atoms with Gasteiger partial charge in [0, 0.05) is 24.3 Å². The molecule has 6 heteroatoms. The van der Waals surface area contributed by atoms with E-state index in [1.165, 1.54) is 0 Å². The van der Waals surface area contributed by atoms with Crippen molar-refractivity contribution in [3.63, 3.8) is 0 Å². The quantitative estimate of drug-likeness (QED) is 0.746. The zero-order chi connectivity index (χ0) is 12.9. The van der Waals surface area contributed by atoms with Crippen LogP contribution in [0.15, 0.2) is 6.07 Å². The van der Waals surface area contributed by atoms with Gasteiger partial charge >= 0.3 is 0 Å². The molecule has 0 saturated heterocycles. The van der Waals surface area contributed by atoms with Gasteiger partial charge in [-0.2, -0.15) is 4.98 Å². The molecule has 1 aromatic rings. The van der Waals surface area contributed by atoms with Crippen LogP contribution in [-0.4, -0.2) is 22.7 Å². The van der Waals surface area contributed by atoms with E-state index < -0.39 is 6.49 Å². The van der Waals surface area contributed by atoms with Crippen molar-refractivity contribution < 1.29 is 9.05 Å². The minimum absolute atomic E-state index is 0.535. The molecule has 0 aromatic carbocycles. The van der Waals surface area contributed by atoms with Crippen LogP contribution in [0.1, 0.15) is 32.3 Å². The minimum Gasteiger partial charge on any atom is -0.425 e. The van der Waals surface area contributed by atoms with Gasteiger partial charge in [0.1, 0.15) is 5.82 Å². The van der Waals surface area contributed by atoms with Gasteiger partial charge in [0.2, 0.25) is 12.4 Å². The van der Waals surface area contributed by atoms with E-state index in [4.69, 9.17) is 20.9 Å². The fourth-order valence-electron chi connectivity index (χ4n) is 1.33. The molecule has 0 aliphatic carbocycles. The molecule has 1 aromatic heterocycles. The van der Waals surface area contributed by atoms with E-state index >= 15 is 0 Å². The first-order valence-corrected chi connectivity index (χ1v) is 8.63. The SMILES string of the molecule is CCOP(=S)(CC)Oc1cc(C)nc(CC)n1. The maximum Gasteiger partial charge on any atom is 0.239 e. The Bertz CT molecular complexity index is 426. The van der Waals surface area contributed by atoms with Gasteiger partial charge < -0.3 is 9.05 Å². The van der Waals surface area contributed by atoms with Crippen LogP contribution in [0.25, 0.3) is 0 Å². The standard InChI is InChI=1S/C11H19N2O2PS/c1-5-10-12-9(4)8-11(13-10)15-16(17,7-3)14-6-2/h8H,5-7H2,1-4H3. The largest absolute Gasteiger partial charge is 0.425 e. The molecule has 17 heavy (non-hydrogen) atoms. The summed E-state index contributed by atoms with van der Waals surface area (Å²) >= 11 is 5.41. The van der Waals surface area contributed by atoms with E-state index in [9.17, 15) is 0 Å². The van der Waals surface area contributed by atoms with Crippen LogP contribution in [0.4, 0.5) is 0 Å². The summed E-state index contributed by atoms with van der Waals surface area (Å²) < 4.78 is 11.3. The predicted molar refractivity (Wildman–Crippen MR) is 73.2 cm³/mol. The molecule has 1 atom stereocenters. The van der Waals surface area contributed by atoms with Crippen LogP contribution in [0.5, 0.6) is 5.88 Å². The first-order chi connectivity index (χ1) is 8.03. The Kier molecular flexibility index (Phi) is 5.50. The molecule has 0 aliphatic rings. The summed E-state index contributed by atoms with van der Waals surface area (Å²) in [5.74, 6) is 1.31. The Labute approximate surface area is 108 Å². The van der Waals surface area contributed by atoms with Crippen LogP contribution >= 0.6 is 6.49 Å². The Morgan fingerprint density at radius 2 is 2.00 bits per heavy atom. The second-order valence-corrected chi connectivity index (χ2v) is 7.52. The van der Waals surface area contributed by atoms with E-state index in [0.717, 1.165) is 17.9 Å². The zero-order valence-electron chi connectivity index (χ0n) is 10.8. The third-order valence-corrected chi connectivity index (χ3v) is 5.34. The number of aromatic nitrogens is 2. The second-order valence-electron chi connectivity index (χ2n) is 3.55. The van der Waals surface area contributed by atoms with Crippen LogP contribution in [0.3, 0.4) is 0 Å². The summed E-state index contributed by atoms with van der Waals surface area (Å²) in [6.07, 6.45) is 1.47. The molecule has 0 amide bonds. The van der Waals surface area contributed by atoms with Crippen molar-refractivity contribution in [1.29, 1.82) is 0 Å². The summed E-state index contributed by atoms with van der Waals surface area (Å²) in [7, 11) is 0. The van der Waals surface area contributed by atoms with Gasteiger partial charge in [-0.25, -0.2) is 4.98 Å². The number of rotatable bonds is 6. The maximum absolute atomic E-state index is 5.77. The van der Waals surface area contributed by atoms with E-state index in [1.54, 1.807) is 6.07 Å². The van der Waals surface area contributed by atoms with Crippen LogP contribution in [0.2, 0.25) is 0 Å². The molecule has 96 valence electrons. The Balaban J connectivity index is 2.93. The number of hydrogen-bond donors (Lipinski definition) is 0. The smallest absolute Gasteiger partial charge is 0.239 e. The van der Waals surface area contributed by atoms with E-state index in [-0.39, 0.29) is 0 Å². The number of nitrogens with zero attached hydrogens (tertiary/aromatic N) is 2. The highest BCUT2D eigenvalue weighted by atomic mass is 32.5. The van der Waals surface area contributed by atoms with Crippen LogP contribution < -0.4 is 4.52 Å². The van der Waals surface area contributed by atoms with Gasteiger partial charge in [-0.3, -0.25) is 0 Å². The molecule has 0 saturated carbocycles. The molecule has 0 bridgehead atoms. The van der Waals surface area contributed by atoms with Crippen molar-refractivity contribution in [3.05, 3.63) is 17.6 Å². The third-order valence-electron chi connectivity index (χ3n) is 2.14. The average Bonchev–Trinajstić information content (AvgIpc) is 2.28. The van der Waals surface area contributed by atoms with Crippen molar-refractivity contribution in [2.45, 2.75) is 34.1 Å². The van der Waals surface area contributed by atoms with Gasteiger partial charge in [0.05, 0.1) is 6.61 Å². The van der Waals surface area contributed by atoms with Crippen molar-refractivity contribution in [1.82, 2.24) is 9.97 Å². The van der Waals surface area contributed by atoms with E-state index in [1.807, 2.05) is 27.7 Å². The molecular weight excluding hydrogens is 255 g/mol. The molecule has 4 nitrogen and oxygen atoms in total. The number of aryl methyl sites for hydroxylation is 2. The molecule has 1 unspecified atom stereocenters. The predicted octanol–water partition coefficient (Wildman–Crippen LogP) is 3.09. The van der Waals surface area contributed by atoms with Crippen molar-refractivity contribution in [2.24, 2.45) is 0 Å². The maximum atomic E-state index is 5.77. The lowest BCUT2D eigenvalue weighted by atomic mass is 10.4. The first-order valence-electron chi connectivity index (χ1n) is 5.80. The highest BCUT2D eigenvalue weighted by Gasteiger charge is 2.18. The van der Waals surface area contributed by atoms with Gasteiger partial charge in [0.25, 0.3) is 0 Å². The summed E-state index contributed by atoms with van der Waals surface area (Å²) in [6.45, 7) is 6.16. The second kappa shape index (κ2) is 6.43. The number of hydrogen-bond acceptors (Lipinski definition) is 5. The molecule has 0 radical (unpaired) electrons.